The van der Waals surface area contributed by atoms with Crippen LogP contribution in [0.1, 0.15) is 60.3 Å². The Kier molecular flexibility index (Phi) is 13.8. The molecule has 1 rings (SSSR count). The van der Waals surface area contributed by atoms with Crippen molar-refractivity contribution in [2.24, 2.45) is 23.5 Å². The van der Waals surface area contributed by atoms with Crippen molar-refractivity contribution >= 4 is 46.9 Å². The van der Waals surface area contributed by atoms with Crippen molar-refractivity contribution in [1.82, 2.24) is 26.2 Å². The average Bonchev–Trinajstić information content (AvgIpc) is 3.14. The van der Waals surface area contributed by atoms with Gasteiger partial charge in [0.2, 0.25) is 5.91 Å². The van der Waals surface area contributed by atoms with Crippen molar-refractivity contribution in [2.75, 3.05) is 19.6 Å². The number of imide groups is 1. The van der Waals surface area contributed by atoms with Crippen LogP contribution in [0.5, 0.6) is 0 Å². The van der Waals surface area contributed by atoms with Gasteiger partial charge >= 0.3 is 6.03 Å². The molecule has 0 aliphatic carbocycles. The number of hydrogen-bond acceptors (Lipinski definition) is 6. The van der Waals surface area contributed by atoms with Gasteiger partial charge in [-0.3, -0.25) is 24.1 Å². The van der Waals surface area contributed by atoms with E-state index in [2.05, 4.69) is 21.3 Å². The lowest BCUT2D eigenvalue weighted by atomic mass is 9.88. The first-order chi connectivity index (χ1) is 17.3. The summed E-state index contributed by atoms with van der Waals surface area (Å²) in [7, 11) is 0. The van der Waals surface area contributed by atoms with Gasteiger partial charge in [-0.15, -0.1) is 0 Å². The third-order valence-corrected chi connectivity index (χ3v) is 6.57. The first-order valence-electron chi connectivity index (χ1n) is 12.8. The molecule has 0 saturated carbocycles. The summed E-state index contributed by atoms with van der Waals surface area (Å²) in [5, 5.41) is 11.8. The third kappa shape index (κ3) is 11.3. The van der Waals surface area contributed by atoms with E-state index in [4.69, 9.17) is 18.0 Å². The van der Waals surface area contributed by atoms with E-state index in [0.717, 1.165) is 0 Å². The van der Waals surface area contributed by atoms with E-state index in [1.807, 2.05) is 34.6 Å². The molecule has 0 saturated heterocycles. The molecule has 0 bridgehead atoms. The van der Waals surface area contributed by atoms with Crippen LogP contribution in [0.15, 0.2) is 12.2 Å². The topological polar surface area (TPSA) is 163 Å². The van der Waals surface area contributed by atoms with E-state index in [-0.39, 0.29) is 41.3 Å². The Morgan fingerprint density at radius 2 is 1.49 bits per heavy atom. The van der Waals surface area contributed by atoms with Crippen LogP contribution in [0.3, 0.4) is 0 Å². The summed E-state index contributed by atoms with van der Waals surface area (Å²) >= 11 is 5.36. The molecule has 0 radical (unpaired) electrons. The molecular formula is C25H42N6O5S. The highest BCUT2D eigenvalue weighted by Crippen LogP contribution is 2.16. The predicted octanol–water partition coefficient (Wildman–Crippen LogP) is 0.975. The van der Waals surface area contributed by atoms with Gasteiger partial charge in [-0.2, -0.15) is 0 Å². The first kappa shape index (κ1) is 32.0. The van der Waals surface area contributed by atoms with E-state index in [9.17, 15) is 24.0 Å². The minimum absolute atomic E-state index is 0.0594. The Morgan fingerprint density at radius 1 is 0.892 bits per heavy atom. The Morgan fingerprint density at radius 3 is 2.03 bits per heavy atom. The molecule has 3 atom stereocenters. The highest BCUT2D eigenvalue weighted by atomic mass is 32.1. The largest absolute Gasteiger partial charge is 0.363 e. The second kappa shape index (κ2) is 16.0. The van der Waals surface area contributed by atoms with Crippen LogP contribution in [-0.4, -0.2) is 71.3 Å². The fourth-order valence-electron chi connectivity index (χ4n) is 3.69. The number of nitrogens with one attached hydrogen (secondary N) is 4. The van der Waals surface area contributed by atoms with E-state index >= 15 is 0 Å². The summed E-state index contributed by atoms with van der Waals surface area (Å²) in [4.78, 5) is 61.5. The number of urea groups is 1. The summed E-state index contributed by atoms with van der Waals surface area (Å²) in [5.41, 5.74) is 5.10. The fraction of sp³-hybridized carbons (Fsp3) is 0.680. The number of unbranched alkanes of at least 4 members (excludes halogenated alkanes) is 1. The minimum Gasteiger partial charge on any atom is -0.363 e. The van der Waals surface area contributed by atoms with Gasteiger partial charge < -0.3 is 27.0 Å². The highest BCUT2D eigenvalue weighted by Gasteiger charge is 2.31. The van der Waals surface area contributed by atoms with Gasteiger partial charge in [0.25, 0.3) is 11.8 Å². The van der Waals surface area contributed by atoms with Crippen LogP contribution in [0, 0.1) is 17.8 Å². The van der Waals surface area contributed by atoms with Gasteiger partial charge in [0.15, 0.2) is 10.9 Å². The van der Waals surface area contributed by atoms with Crippen LogP contribution in [0.25, 0.3) is 0 Å². The standard InChI is InChI=1S/C25H42N6O5S/c1-15(2)17(5)22(34)18(9-8-13-27-24(26)36)29-23(35)21(16(3)4)30-25(37)28-12-6-7-14-31-19(32)10-11-20(31)33/h10-11,15-18,21H,6-9,12-14H2,1-5H3,(H,29,35)(H3,26,27,36)(H2,28,30,37). The maximum absolute atomic E-state index is 13.2. The maximum atomic E-state index is 13.2. The Labute approximate surface area is 224 Å². The quantitative estimate of drug-likeness (QED) is 0.110. The molecule has 0 aromatic rings. The number of hydrogen-bond donors (Lipinski definition) is 5. The van der Waals surface area contributed by atoms with Gasteiger partial charge in [-0.25, -0.2) is 4.79 Å². The molecule has 0 fully saturated rings. The van der Waals surface area contributed by atoms with Crippen molar-refractivity contribution in [3.05, 3.63) is 12.2 Å². The number of carbonyl (C=O) groups is 5. The van der Waals surface area contributed by atoms with Crippen molar-refractivity contribution < 1.29 is 24.0 Å². The lowest BCUT2D eigenvalue weighted by Crippen LogP contribution is -2.56. The Bertz CT molecular complexity index is 858. The predicted molar refractivity (Wildman–Crippen MR) is 145 cm³/mol. The molecule has 1 aliphatic heterocycles. The molecule has 0 spiro atoms. The number of thiocarbonyl (C=S) groups is 1. The molecule has 1 heterocycles. The number of amides is 5. The fourth-order valence-corrected chi connectivity index (χ4v) is 3.92. The van der Waals surface area contributed by atoms with Gasteiger partial charge in [0, 0.05) is 37.7 Å². The summed E-state index contributed by atoms with van der Waals surface area (Å²) in [6.45, 7) is 10.7. The zero-order valence-electron chi connectivity index (χ0n) is 22.5. The van der Waals surface area contributed by atoms with E-state index < -0.39 is 18.1 Å². The Balaban J connectivity index is 2.62. The maximum Gasteiger partial charge on any atom is 0.312 e. The summed E-state index contributed by atoms with van der Waals surface area (Å²) in [5.74, 6) is -1.25. The monoisotopic (exact) mass is 538 g/mol. The number of carbonyl (C=O) groups excluding carboxylic acids is 5. The van der Waals surface area contributed by atoms with Crippen LogP contribution in [0.2, 0.25) is 0 Å². The van der Waals surface area contributed by atoms with E-state index in [0.29, 0.717) is 50.4 Å². The molecule has 6 N–H and O–H groups in total. The smallest absolute Gasteiger partial charge is 0.312 e. The number of nitrogens with zero attached hydrogens (tertiary/aromatic N) is 1. The molecule has 0 aromatic carbocycles. The number of primary amides is 1. The van der Waals surface area contributed by atoms with Gasteiger partial charge in [-0.1, -0.05) is 34.6 Å². The van der Waals surface area contributed by atoms with E-state index in [1.54, 1.807) is 0 Å². The van der Waals surface area contributed by atoms with Crippen molar-refractivity contribution in [3.63, 3.8) is 0 Å². The van der Waals surface area contributed by atoms with Crippen LogP contribution < -0.4 is 27.0 Å². The third-order valence-electron chi connectivity index (χ3n) is 6.31. The number of nitrogens with two attached hydrogens (primary N) is 1. The second-order valence-electron chi connectivity index (χ2n) is 9.92. The molecule has 208 valence electrons. The van der Waals surface area contributed by atoms with Gasteiger partial charge in [-0.05, 0) is 49.7 Å². The average molecular weight is 539 g/mol. The molecule has 0 aromatic heterocycles. The molecular weight excluding hydrogens is 496 g/mol. The minimum atomic E-state index is -0.699. The van der Waals surface area contributed by atoms with Crippen molar-refractivity contribution in [1.29, 1.82) is 0 Å². The normalized spacial score (nSPS) is 15.5. The second-order valence-corrected chi connectivity index (χ2v) is 10.3. The SMILES string of the molecule is CC(C)C(C)C(=O)C(CCCNC(N)=O)NC(=O)C(NC(=S)NCCCCN1C(=O)C=CC1=O)C(C)C. The van der Waals surface area contributed by atoms with Crippen molar-refractivity contribution in [3.8, 4) is 0 Å². The molecule has 11 nitrogen and oxygen atoms in total. The summed E-state index contributed by atoms with van der Waals surface area (Å²) in [6.07, 6.45) is 4.65. The Hall–Kier alpha value is -3.02. The van der Waals surface area contributed by atoms with E-state index in [1.165, 1.54) is 17.1 Å². The van der Waals surface area contributed by atoms with Crippen LogP contribution in [-0.2, 0) is 19.2 Å². The molecule has 3 unspecified atom stereocenters. The van der Waals surface area contributed by atoms with Gasteiger partial charge in [0.05, 0.1) is 6.04 Å². The lowest BCUT2D eigenvalue weighted by molar-refractivity contribution is -0.136. The molecule has 12 heteroatoms. The molecule has 37 heavy (non-hydrogen) atoms. The van der Waals surface area contributed by atoms with Crippen molar-refractivity contribution in [2.45, 2.75) is 72.4 Å². The lowest BCUT2D eigenvalue weighted by Gasteiger charge is -2.28. The number of rotatable bonds is 16. The van der Waals surface area contributed by atoms with Crippen LogP contribution >= 0.6 is 12.2 Å². The highest BCUT2D eigenvalue weighted by molar-refractivity contribution is 7.80. The molecule has 5 amide bonds. The number of ketones is 1. The number of Topliss-reactive ketones (excluding diaryl/α,β-unsaturated/α-hetero) is 1. The zero-order chi connectivity index (χ0) is 28.1. The van der Waals surface area contributed by atoms with Crippen LogP contribution in [0.4, 0.5) is 4.79 Å². The summed E-state index contributed by atoms with van der Waals surface area (Å²) < 4.78 is 0. The van der Waals surface area contributed by atoms with Gasteiger partial charge in [0.1, 0.15) is 6.04 Å². The molecule has 1 aliphatic rings. The summed E-state index contributed by atoms with van der Waals surface area (Å²) in [6, 6.07) is -2.00. The first-order valence-corrected chi connectivity index (χ1v) is 13.2. The zero-order valence-corrected chi connectivity index (χ0v) is 23.3.